The van der Waals surface area contributed by atoms with Gasteiger partial charge in [-0.3, -0.25) is 4.79 Å². The monoisotopic (exact) mass is 365 g/mol. The van der Waals surface area contributed by atoms with Gasteiger partial charge >= 0.3 is 0 Å². The largest absolute Gasteiger partial charge is 0.497 e. The van der Waals surface area contributed by atoms with Gasteiger partial charge in [-0.25, -0.2) is 4.68 Å². The molecule has 3 rings (SSSR count). The summed E-state index contributed by atoms with van der Waals surface area (Å²) in [4.78, 5) is 14.9. The van der Waals surface area contributed by atoms with Crippen molar-refractivity contribution in [2.75, 3.05) is 14.2 Å². The minimum Gasteiger partial charge on any atom is -0.497 e. The van der Waals surface area contributed by atoms with E-state index >= 15 is 0 Å². The molecule has 0 radical (unpaired) electrons. The highest BCUT2D eigenvalue weighted by Crippen LogP contribution is 2.19. The van der Waals surface area contributed by atoms with E-state index in [0.29, 0.717) is 18.8 Å². The Morgan fingerprint density at radius 3 is 2.56 bits per heavy atom. The molecular weight excluding hydrogens is 342 g/mol. The maximum Gasteiger partial charge on any atom is 0.247 e. The average Bonchev–Trinajstić information content (AvgIpc) is 3.12. The number of rotatable bonds is 7. The summed E-state index contributed by atoms with van der Waals surface area (Å²) in [5.41, 5.74) is 2.05. The summed E-state index contributed by atoms with van der Waals surface area (Å²) in [7, 11) is 3.42. The Bertz CT molecular complexity index is 894. The molecule has 0 saturated carbocycles. The predicted octanol–water partition coefficient (Wildman–Crippen LogP) is 2.43. The lowest BCUT2D eigenvalue weighted by Crippen LogP contribution is -2.36. The van der Waals surface area contributed by atoms with Gasteiger partial charge < -0.3 is 9.64 Å². The van der Waals surface area contributed by atoms with E-state index in [-0.39, 0.29) is 5.91 Å². The molecule has 27 heavy (non-hydrogen) atoms. The third-order valence-electron chi connectivity index (χ3n) is 4.44. The Hall–Kier alpha value is -3.22. The summed E-state index contributed by atoms with van der Waals surface area (Å²) >= 11 is 0. The van der Waals surface area contributed by atoms with Crippen LogP contribution in [-0.2, 0) is 17.8 Å². The van der Waals surface area contributed by atoms with Crippen LogP contribution in [-0.4, -0.2) is 45.2 Å². The van der Waals surface area contributed by atoms with Crippen molar-refractivity contribution in [1.29, 1.82) is 0 Å². The fourth-order valence-corrected chi connectivity index (χ4v) is 3.02. The normalized spacial score (nSPS) is 11.8. The zero-order chi connectivity index (χ0) is 19.2. The molecular formula is C20H23N5O2. The summed E-state index contributed by atoms with van der Waals surface area (Å²) < 4.78 is 6.86. The van der Waals surface area contributed by atoms with E-state index in [9.17, 15) is 4.79 Å². The van der Waals surface area contributed by atoms with Gasteiger partial charge in [-0.15, -0.1) is 5.10 Å². The molecule has 1 amide bonds. The highest BCUT2D eigenvalue weighted by Gasteiger charge is 2.27. The number of tetrazole rings is 1. The number of hydrogen-bond donors (Lipinski definition) is 0. The first kappa shape index (κ1) is 18.6. The van der Waals surface area contributed by atoms with Gasteiger partial charge in [-0.1, -0.05) is 42.5 Å². The molecule has 7 nitrogen and oxygen atoms in total. The minimum atomic E-state index is -0.502. The zero-order valence-corrected chi connectivity index (χ0v) is 15.7. The number of benzene rings is 2. The van der Waals surface area contributed by atoms with E-state index in [4.69, 9.17) is 4.74 Å². The van der Waals surface area contributed by atoms with Crippen LogP contribution in [0.15, 0.2) is 54.6 Å². The molecule has 0 bridgehead atoms. The van der Waals surface area contributed by atoms with E-state index in [1.165, 1.54) is 0 Å². The number of hydrogen-bond acceptors (Lipinski definition) is 5. The molecule has 3 aromatic rings. The summed E-state index contributed by atoms with van der Waals surface area (Å²) in [5.74, 6) is 1.33. The first-order chi connectivity index (χ1) is 13.1. The lowest BCUT2D eigenvalue weighted by Gasteiger charge is -2.24. The van der Waals surface area contributed by atoms with Crippen LogP contribution in [0.5, 0.6) is 5.75 Å². The van der Waals surface area contributed by atoms with Crippen molar-refractivity contribution in [2.45, 2.75) is 25.9 Å². The third kappa shape index (κ3) is 4.49. The molecule has 7 heteroatoms. The molecule has 0 aliphatic carbocycles. The maximum absolute atomic E-state index is 13.2. The summed E-state index contributed by atoms with van der Waals surface area (Å²) in [5, 5.41) is 11.7. The van der Waals surface area contributed by atoms with Crippen LogP contribution in [0.1, 0.15) is 23.0 Å². The Balaban J connectivity index is 1.82. The van der Waals surface area contributed by atoms with Crippen LogP contribution in [0.4, 0.5) is 0 Å². The van der Waals surface area contributed by atoms with Crippen LogP contribution < -0.4 is 4.74 Å². The fraction of sp³-hybridized carbons (Fsp3) is 0.300. The Morgan fingerprint density at radius 1 is 1.15 bits per heavy atom. The minimum absolute atomic E-state index is 0.0444. The molecule has 1 aromatic heterocycles. The number of ether oxygens (including phenoxy) is 1. The van der Waals surface area contributed by atoms with E-state index < -0.39 is 6.04 Å². The Morgan fingerprint density at radius 2 is 1.89 bits per heavy atom. The smallest absolute Gasteiger partial charge is 0.247 e. The Kier molecular flexibility index (Phi) is 5.80. The van der Waals surface area contributed by atoms with Crippen molar-refractivity contribution in [3.8, 4) is 5.75 Å². The maximum atomic E-state index is 13.2. The van der Waals surface area contributed by atoms with Crippen LogP contribution in [0.25, 0.3) is 0 Å². The second-order valence-electron chi connectivity index (χ2n) is 6.42. The van der Waals surface area contributed by atoms with Crippen LogP contribution in [0.2, 0.25) is 0 Å². The summed E-state index contributed by atoms with van der Waals surface area (Å²) in [6.45, 7) is 2.27. The molecule has 0 aliphatic heterocycles. The molecule has 2 aromatic carbocycles. The number of likely N-dealkylation sites (N-methyl/N-ethyl adjacent to an activating group) is 1. The number of aromatic nitrogens is 4. The van der Waals surface area contributed by atoms with Crippen molar-refractivity contribution < 1.29 is 9.53 Å². The van der Waals surface area contributed by atoms with Crippen LogP contribution in [0.3, 0.4) is 0 Å². The molecule has 0 unspecified atom stereocenters. The van der Waals surface area contributed by atoms with Crippen molar-refractivity contribution in [3.05, 3.63) is 71.5 Å². The molecule has 0 fully saturated rings. The van der Waals surface area contributed by atoms with Gasteiger partial charge in [0.15, 0.2) is 0 Å². The zero-order valence-electron chi connectivity index (χ0n) is 15.7. The number of carbonyl (C=O) groups excluding carboxylic acids is 1. The highest BCUT2D eigenvalue weighted by atomic mass is 16.5. The summed E-state index contributed by atoms with van der Waals surface area (Å²) in [6.07, 6.45) is 0.522. The van der Waals surface area contributed by atoms with Crippen molar-refractivity contribution in [1.82, 2.24) is 25.1 Å². The molecule has 140 valence electrons. The SMILES string of the molecule is COc1cccc(CN(C)C(=O)[C@H](Cc2ccccc2)n2nnnc2C)c1. The molecule has 0 saturated heterocycles. The van der Waals surface area contributed by atoms with E-state index in [1.54, 1.807) is 30.7 Å². The van der Waals surface area contributed by atoms with Crippen molar-refractivity contribution >= 4 is 5.91 Å². The lowest BCUT2D eigenvalue weighted by molar-refractivity contribution is -0.134. The molecule has 1 atom stereocenters. The average molecular weight is 365 g/mol. The van der Waals surface area contributed by atoms with Gasteiger partial charge in [-0.05, 0) is 40.6 Å². The summed E-state index contributed by atoms with van der Waals surface area (Å²) in [6, 6.07) is 17.1. The second kappa shape index (κ2) is 8.44. The number of aryl methyl sites for hydroxylation is 1. The lowest BCUT2D eigenvalue weighted by atomic mass is 10.0. The predicted molar refractivity (Wildman–Crippen MR) is 101 cm³/mol. The van der Waals surface area contributed by atoms with E-state index in [1.807, 2.05) is 54.6 Å². The number of nitrogens with zero attached hydrogens (tertiary/aromatic N) is 5. The van der Waals surface area contributed by atoms with Gasteiger partial charge in [0, 0.05) is 20.0 Å². The standard InChI is InChI=1S/C20H23N5O2/c1-15-21-22-23-25(15)19(13-16-8-5-4-6-9-16)20(26)24(2)14-17-10-7-11-18(12-17)27-3/h4-12,19H,13-14H2,1-3H3/t19-/m0/s1. The van der Waals surface area contributed by atoms with E-state index in [0.717, 1.165) is 16.9 Å². The van der Waals surface area contributed by atoms with Gasteiger partial charge in [-0.2, -0.15) is 0 Å². The molecule has 1 heterocycles. The number of methoxy groups -OCH3 is 1. The highest BCUT2D eigenvalue weighted by molar-refractivity contribution is 5.80. The van der Waals surface area contributed by atoms with Crippen molar-refractivity contribution in [3.63, 3.8) is 0 Å². The van der Waals surface area contributed by atoms with Gasteiger partial charge in [0.1, 0.15) is 17.6 Å². The second-order valence-corrected chi connectivity index (χ2v) is 6.42. The van der Waals surface area contributed by atoms with Gasteiger partial charge in [0.25, 0.3) is 0 Å². The third-order valence-corrected chi connectivity index (χ3v) is 4.44. The number of amides is 1. The van der Waals surface area contributed by atoms with Gasteiger partial charge in [0.2, 0.25) is 5.91 Å². The Labute approximate surface area is 158 Å². The van der Waals surface area contributed by atoms with Crippen LogP contribution >= 0.6 is 0 Å². The van der Waals surface area contributed by atoms with Crippen molar-refractivity contribution in [2.24, 2.45) is 0 Å². The molecule has 0 aliphatic rings. The quantitative estimate of drug-likeness (QED) is 0.643. The topological polar surface area (TPSA) is 73.1 Å². The van der Waals surface area contributed by atoms with Gasteiger partial charge in [0.05, 0.1) is 7.11 Å². The first-order valence-electron chi connectivity index (χ1n) is 8.75. The molecule has 0 N–H and O–H groups in total. The molecule has 0 spiro atoms. The van der Waals surface area contributed by atoms with Crippen LogP contribution in [0, 0.1) is 6.92 Å². The number of carbonyl (C=O) groups is 1. The fourth-order valence-electron chi connectivity index (χ4n) is 3.02. The first-order valence-corrected chi connectivity index (χ1v) is 8.75. The van der Waals surface area contributed by atoms with E-state index in [2.05, 4.69) is 15.5 Å².